The summed E-state index contributed by atoms with van der Waals surface area (Å²) in [5, 5.41) is 0. The topological polar surface area (TPSA) is 102 Å². The smallest absolute Gasteiger partial charge is 0.325 e. The van der Waals surface area contributed by atoms with Gasteiger partial charge < -0.3 is 14.3 Å². The van der Waals surface area contributed by atoms with Crippen molar-refractivity contribution in [3.63, 3.8) is 0 Å². The van der Waals surface area contributed by atoms with Crippen molar-refractivity contribution in [1.29, 1.82) is 0 Å². The Morgan fingerprint density at radius 3 is 2.85 bits per heavy atom. The van der Waals surface area contributed by atoms with E-state index < -0.39 is 5.69 Å². The molecule has 4 rings (SSSR count). The molecule has 8 nitrogen and oxygen atoms in total. The van der Waals surface area contributed by atoms with E-state index in [1.54, 1.807) is 6.07 Å². The first-order valence-corrected chi connectivity index (χ1v) is 8.89. The molecule has 2 aromatic rings. The number of carbonyl (C=O) groups excluding carboxylic acids is 1. The summed E-state index contributed by atoms with van der Waals surface area (Å²) < 4.78 is 5.02. The maximum Gasteiger partial charge on any atom is 0.325 e. The van der Waals surface area contributed by atoms with Gasteiger partial charge in [-0.15, -0.1) is 0 Å². The number of aromatic amines is 2. The number of hydrogen-bond donors (Lipinski definition) is 2. The summed E-state index contributed by atoms with van der Waals surface area (Å²) in [5.41, 5.74) is 0.445. The van der Waals surface area contributed by atoms with Crippen LogP contribution in [0.5, 0.6) is 0 Å². The lowest BCUT2D eigenvalue weighted by Gasteiger charge is -2.40. The lowest BCUT2D eigenvalue weighted by atomic mass is 9.79. The van der Waals surface area contributed by atoms with Crippen molar-refractivity contribution in [2.45, 2.75) is 25.8 Å². The second-order valence-corrected chi connectivity index (χ2v) is 7.42. The van der Waals surface area contributed by atoms with Gasteiger partial charge >= 0.3 is 5.69 Å². The van der Waals surface area contributed by atoms with Crippen LogP contribution in [0.2, 0.25) is 0 Å². The van der Waals surface area contributed by atoms with E-state index in [0.29, 0.717) is 17.8 Å². The molecule has 8 heteroatoms. The van der Waals surface area contributed by atoms with E-state index in [0.717, 1.165) is 45.4 Å². The number of likely N-dealkylation sites (tertiary alicyclic amines) is 2. The first kappa shape index (κ1) is 16.8. The number of H-pyrrole nitrogens is 2. The zero-order chi connectivity index (χ0) is 18.1. The number of aromatic nitrogens is 2. The van der Waals surface area contributed by atoms with Crippen LogP contribution in [0.25, 0.3) is 0 Å². The molecule has 2 aliphatic rings. The molecule has 1 amide bonds. The molecule has 0 radical (unpaired) electrons. The van der Waals surface area contributed by atoms with Gasteiger partial charge in [-0.2, -0.15) is 0 Å². The average Bonchev–Trinajstić information content (AvgIpc) is 3.24. The highest BCUT2D eigenvalue weighted by atomic mass is 16.3. The number of carbonyl (C=O) groups is 1. The van der Waals surface area contributed by atoms with Crippen LogP contribution in [0.1, 0.15) is 35.3 Å². The van der Waals surface area contributed by atoms with Gasteiger partial charge in [0.05, 0.1) is 11.8 Å². The Kier molecular flexibility index (Phi) is 4.28. The molecule has 0 saturated carbocycles. The number of furan rings is 1. The molecular formula is C18H22N4O4. The number of rotatable bonds is 3. The summed E-state index contributed by atoms with van der Waals surface area (Å²) in [5.74, 6) is 0.0201. The lowest BCUT2D eigenvalue weighted by Crippen LogP contribution is -2.45. The molecule has 2 aliphatic heterocycles. The van der Waals surface area contributed by atoms with Crippen LogP contribution < -0.4 is 11.2 Å². The van der Waals surface area contributed by atoms with Gasteiger partial charge in [0.15, 0.2) is 0 Å². The molecule has 2 aromatic heterocycles. The minimum atomic E-state index is -0.475. The number of hydrogen-bond acceptors (Lipinski definition) is 5. The second kappa shape index (κ2) is 6.60. The Labute approximate surface area is 149 Å². The van der Waals surface area contributed by atoms with E-state index in [-0.39, 0.29) is 16.9 Å². The van der Waals surface area contributed by atoms with Crippen LogP contribution in [0.3, 0.4) is 0 Å². The molecule has 2 N–H and O–H groups in total. The van der Waals surface area contributed by atoms with Gasteiger partial charge in [-0.25, -0.2) is 4.79 Å². The zero-order valence-corrected chi connectivity index (χ0v) is 14.5. The quantitative estimate of drug-likeness (QED) is 0.844. The predicted octanol–water partition coefficient (Wildman–Crippen LogP) is 0.785. The fourth-order valence-corrected chi connectivity index (χ4v) is 4.30. The number of amides is 1. The summed E-state index contributed by atoms with van der Waals surface area (Å²) in [6, 6.07) is 3.13. The fourth-order valence-electron chi connectivity index (χ4n) is 4.30. The van der Waals surface area contributed by atoms with Crippen LogP contribution in [-0.4, -0.2) is 51.9 Å². The third kappa shape index (κ3) is 3.37. The van der Waals surface area contributed by atoms with Crippen molar-refractivity contribution in [2.24, 2.45) is 5.41 Å². The van der Waals surface area contributed by atoms with E-state index in [1.807, 2.05) is 4.90 Å². The second-order valence-electron chi connectivity index (χ2n) is 7.42. The molecule has 138 valence electrons. The highest BCUT2D eigenvalue weighted by molar-refractivity contribution is 5.94. The van der Waals surface area contributed by atoms with E-state index in [4.69, 9.17) is 4.42 Å². The van der Waals surface area contributed by atoms with Crippen LogP contribution in [-0.2, 0) is 6.54 Å². The maximum absolute atomic E-state index is 12.6. The SMILES string of the molecule is O=C(c1ccoc1)N1CCC2(CCCN(Cc3cc(=O)[nH]c(=O)[nH]3)C2)C1. The summed E-state index contributed by atoms with van der Waals surface area (Å²) >= 11 is 0. The minimum Gasteiger partial charge on any atom is -0.472 e. The van der Waals surface area contributed by atoms with Gasteiger partial charge in [-0.3, -0.25) is 19.5 Å². The van der Waals surface area contributed by atoms with E-state index in [2.05, 4.69) is 14.9 Å². The Morgan fingerprint density at radius 2 is 2.08 bits per heavy atom. The molecule has 1 spiro atoms. The third-order valence-electron chi connectivity index (χ3n) is 5.44. The van der Waals surface area contributed by atoms with Crippen LogP contribution in [0.15, 0.2) is 38.7 Å². The molecule has 4 heterocycles. The Morgan fingerprint density at radius 1 is 1.19 bits per heavy atom. The highest BCUT2D eigenvalue weighted by Gasteiger charge is 2.43. The molecule has 0 aliphatic carbocycles. The van der Waals surface area contributed by atoms with Gasteiger partial charge in [-0.05, 0) is 31.9 Å². The monoisotopic (exact) mass is 358 g/mol. The predicted molar refractivity (Wildman–Crippen MR) is 93.9 cm³/mol. The number of piperidine rings is 1. The van der Waals surface area contributed by atoms with Crippen molar-refractivity contribution >= 4 is 5.91 Å². The van der Waals surface area contributed by atoms with Crippen molar-refractivity contribution in [3.05, 3.63) is 56.8 Å². The highest BCUT2D eigenvalue weighted by Crippen LogP contribution is 2.39. The first-order valence-electron chi connectivity index (χ1n) is 8.89. The lowest BCUT2D eigenvalue weighted by molar-refractivity contribution is 0.0672. The van der Waals surface area contributed by atoms with Gasteiger partial charge in [0, 0.05) is 43.4 Å². The molecule has 0 bridgehead atoms. The van der Waals surface area contributed by atoms with Crippen molar-refractivity contribution in [3.8, 4) is 0 Å². The molecule has 2 saturated heterocycles. The van der Waals surface area contributed by atoms with Crippen LogP contribution in [0.4, 0.5) is 0 Å². The Balaban J connectivity index is 1.44. The summed E-state index contributed by atoms with van der Waals surface area (Å²) in [4.78, 5) is 44.5. The molecular weight excluding hydrogens is 336 g/mol. The van der Waals surface area contributed by atoms with Crippen LogP contribution >= 0.6 is 0 Å². The zero-order valence-electron chi connectivity index (χ0n) is 14.5. The van der Waals surface area contributed by atoms with E-state index >= 15 is 0 Å². The fraction of sp³-hybridized carbons (Fsp3) is 0.500. The molecule has 26 heavy (non-hydrogen) atoms. The molecule has 1 unspecified atom stereocenters. The normalized spacial score (nSPS) is 23.6. The standard InChI is InChI=1S/C18H22N4O4/c23-15-8-14(19-17(25)20-15)9-21-5-1-3-18(11-21)4-6-22(12-18)16(24)13-2-7-26-10-13/h2,7-8,10H,1,3-6,9,11-12H2,(H2,19,20,23,25). The Hall–Kier alpha value is -2.61. The number of nitrogens with one attached hydrogen (secondary N) is 2. The van der Waals surface area contributed by atoms with E-state index in [1.165, 1.54) is 18.6 Å². The summed E-state index contributed by atoms with van der Waals surface area (Å²) in [6.45, 7) is 3.80. The largest absolute Gasteiger partial charge is 0.472 e. The van der Waals surface area contributed by atoms with Gasteiger partial charge in [-0.1, -0.05) is 0 Å². The number of nitrogens with zero attached hydrogens (tertiary/aromatic N) is 2. The first-order chi connectivity index (χ1) is 12.5. The van der Waals surface area contributed by atoms with Gasteiger partial charge in [0.1, 0.15) is 6.26 Å². The van der Waals surface area contributed by atoms with E-state index in [9.17, 15) is 14.4 Å². The van der Waals surface area contributed by atoms with Gasteiger partial charge in [0.25, 0.3) is 11.5 Å². The molecule has 1 atom stereocenters. The molecule has 2 fully saturated rings. The Bertz CT molecular complexity index is 872. The summed E-state index contributed by atoms with van der Waals surface area (Å²) in [6.07, 6.45) is 6.11. The van der Waals surface area contributed by atoms with Crippen molar-refractivity contribution in [2.75, 3.05) is 26.2 Å². The average molecular weight is 358 g/mol. The third-order valence-corrected chi connectivity index (χ3v) is 5.44. The maximum atomic E-state index is 12.6. The minimum absolute atomic E-state index is 0.0201. The van der Waals surface area contributed by atoms with Crippen molar-refractivity contribution in [1.82, 2.24) is 19.8 Å². The van der Waals surface area contributed by atoms with Gasteiger partial charge in [0.2, 0.25) is 0 Å². The van der Waals surface area contributed by atoms with Crippen LogP contribution in [0, 0.1) is 5.41 Å². The van der Waals surface area contributed by atoms with Crippen molar-refractivity contribution < 1.29 is 9.21 Å². The molecule has 0 aromatic carbocycles. The summed E-state index contributed by atoms with van der Waals surface area (Å²) in [7, 11) is 0.